The maximum Gasteiger partial charge on any atom is 0.433 e. The Labute approximate surface area is 188 Å². The second kappa shape index (κ2) is 8.41. The number of rotatable bonds is 3. The van der Waals surface area contributed by atoms with Crippen LogP contribution >= 0.6 is 11.6 Å². The number of nitrogens with zero attached hydrogens (tertiary/aromatic N) is 3. The van der Waals surface area contributed by atoms with Crippen molar-refractivity contribution in [2.24, 2.45) is 7.05 Å². The maximum atomic E-state index is 13.2. The molecular formula is C23H23ClF3N3O2. The van der Waals surface area contributed by atoms with Crippen LogP contribution in [0, 0.1) is 13.8 Å². The van der Waals surface area contributed by atoms with Crippen molar-refractivity contribution in [2.45, 2.75) is 26.4 Å². The van der Waals surface area contributed by atoms with Gasteiger partial charge >= 0.3 is 6.18 Å². The molecule has 0 bridgehead atoms. The lowest BCUT2D eigenvalue weighted by Gasteiger charge is -2.28. The van der Waals surface area contributed by atoms with Crippen LogP contribution in [0.4, 0.5) is 13.2 Å². The molecule has 9 heteroatoms. The van der Waals surface area contributed by atoms with Crippen molar-refractivity contribution >= 4 is 28.4 Å². The number of morpholine rings is 1. The Hall–Kier alpha value is -2.58. The maximum absolute atomic E-state index is 13.2. The number of fused-ring (bicyclic) bond motifs is 1. The number of aromatic nitrogens is 2. The summed E-state index contributed by atoms with van der Waals surface area (Å²) in [4.78, 5) is 18.5. The van der Waals surface area contributed by atoms with Gasteiger partial charge < -0.3 is 14.2 Å². The van der Waals surface area contributed by atoms with Gasteiger partial charge in [0.15, 0.2) is 0 Å². The quantitative estimate of drug-likeness (QED) is 0.551. The zero-order valence-corrected chi connectivity index (χ0v) is 18.8. The Bertz CT molecular complexity index is 1200. The second-order valence-corrected chi connectivity index (χ2v) is 8.41. The van der Waals surface area contributed by atoms with E-state index in [1.54, 1.807) is 35.6 Å². The first-order valence-electron chi connectivity index (χ1n) is 10.3. The van der Waals surface area contributed by atoms with E-state index in [1.165, 1.54) is 0 Å². The summed E-state index contributed by atoms with van der Waals surface area (Å²) in [5.74, 6) is -0.0735. The molecule has 0 N–H and O–H groups in total. The van der Waals surface area contributed by atoms with Gasteiger partial charge in [-0.25, -0.2) is 4.98 Å². The molecular weight excluding hydrogens is 443 g/mol. The number of amides is 1. The van der Waals surface area contributed by atoms with Crippen LogP contribution in [0.15, 0.2) is 24.3 Å². The average molecular weight is 466 g/mol. The molecule has 0 aliphatic carbocycles. The van der Waals surface area contributed by atoms with Crippen LogP contribution in [0.1, 0.15) is 38.6 Å². The molecule has 4 rings (SSSR count). The van der Waals surface area contributed by atoms with E-state index in [0.29, 0.717) is 59.9 Å². The smallest absolute Gasteiger partial charge is 0.378 e. The number of halogens is 4. The van der Waals surface area contributed by atoms with Gasteiger partial charge in [-0.1, -0.05) is 11.6 Å². The Balaban J connectivity index is 1.73. The van der Waals surface area contributed by atoms with E-state index >= 15 is 0 Å². The Morgan fingerprint density at radius 3 is 2.53 bits per heavy atom. The normalized spacial score (nSPS) is 14.9. The summed E-state index contributed by atoms with van der Waals surface area (Å²) < 4.78 is 46.7. The van der Waals surface area contributed by atoms with E-state index in [1.807, 2.05) is 13.0 Å². The van der Waals surface area contributed by atoms with Crippen molar-refractivity contribution in [1.82, 2.24) is 14.5 Å². The summed E-state index contributed by atoms with van der Waals surface area (Å²) in [5.41, 5.74) is 2.75. The van der Waals surface area contributed by atoms with E-state index in [-0.39, 0.29) is 5.91 Å². The SMILES string of the molecule is Cc1c(C(=O)N2CCOCC2)ccc(Cl)c1Cc1cc2c(C)nc(C(F)(F)F)cc2n1C. The van der Waals surface area contributed by atoms with Crippen LogP contribution in [-0.2, 0) is 24.4 Å². The molecule has 1 amide bonds. The van der Waals surface area contributed by atoms with Gasteiger partial charge in [0.2, 0.25) is 0 Å². The fourth-order valence-corrected chi connectivity index (χ4v) is 4.42. The lowest BCUT2D eigenvalue weighted by atomic mass is 9.97. The minimum Gasteiger partial charge on any atom is -0.378 e. The van der Waals surface area contributed by atoms with Gasteiger partial charge in [0.1, 0.15) is 5.69 Å². The molecule has 32 heavy (non-hydrogen) atoms. The van der Waals surface area contributed by atoms with Crippen molar-refractivity contribution < 1.29 is 22.7 Å². The zero-order valence-electron chi connectivity index (χ0n) is 18.0. The van der Waals surface area contributed by atoms with Gasteiger partial charge in [-0.15, -0.1) is 0 Å². The molecule has 3 aromatic rings. The number of hydrogen-bond donors (Lipinski definition) is 0. The third-order valence-corrected chi connectivity index (χ3v) is 6.40. The zero-order chi connectivity index (χ0) is 23.2. The summed E-state index contributed by atoms with van der Waals surface area (Å²) >= 11 is 6.49. The molecule has 0 saturated carbocycles. The Morgan fingerprint density at radius 2 is 1.88 bits per heavy atom. The molecule has 0 unspecified atom stereocenters. The van der Waals surface area contributed by atoms with Crippen LogP contribution in [0.5, 0.6) is 0 Å². The minimum absolute atomic E-state index is 0.0735. The van der Waals surface area contributed by atoms with Gasteiger partial charge in [-0.05, 0) is 49.2 Å². The van der Waals surface area contributed by atoms with Gasteiger partial charge in [0, 0.05) is 53.9 Å². The molecule has 0 spiro atoms. The third-order valence-electron chi connectivity index (χ3n) is 6.05. The predicted octanol–water partition coefficient (Wildman–Crippen LogP) is 4.93. The highest BCUT2D eigenvalue weighted by atomic mass is 35.5. The van der Waals surface area contributed by atoms with E-state index in [4.69, 9.17) is 16.3 Å². The standard InChI is InChI=1S/C23H23ClF3N3O2/c1-13-16(22(31)30-6-8-32-9-7-30)4-5-19(24)17(13)10-15-11-18-14(2)28-21(23(25,26)27)12-20(18)29(15)3/h4-5,11-12H,6-10H2,1-3H3. The first-order valence-corrected chi connectivity index (χ1v) is 10.6. The first kappa shape index (κ1) is 22.6. The number of benzene rings is 1. The molecule has 3 heterocycles. The summed E-state index contributed by atoms with van der Waals surface area (Å²) in [7, 11) is 1.73. The van der Waals surface area contributed by atoms with Gasteiger partial charge in [0.05, 0.1) is 18.7 Å². The van der Waals surface area contributed by atoms with Gasteiger partial charge in [0.25, 0.3) is 5.91 Å². The van der Waals surface area contributed by atoms with E-state index < -0.39 is 11.9 Å². The van der Waals surface area contributed by atoms with Crippen molar-refractivity contribution in [3.8, 4) is 0 Å². The van der Waals surface area contributed by atoms with E-state index in [9.17, 15) is 18.0 Å². The van der Waals surface area contributed by atoms with Crippen LogP contribution in [-0.4, -0.2) is 46.7 Å². The molecule has 170 valence electrons. The van der Waals surface area contributed by atoms with Crippen molar-refractivity contribution in [3.05, 3.63) is 63.1 Å². The fourth-order valence-electron chi connectivity index (χ4n) is 4.15. The second-order valence-electron chi connectivity index (χ2n) is 8.00. The Morgan fingerprint density at radius 1 is 1.19 bits per heavy atom. The van der Waals surface area contributed by atoms with Crippen LogP contribution in [0.2, 0.25) is 5.02 Å². The molecule has 2 aromatic heterocycles. The number of alkyl halides is 3. The van der Waals surface area contributed by atoms with E-state index in [0.717, 1.165) is 22.9 Å². The topological polar surface area (TPSA) is 47.4 Å². The average Bonchev–Trinajstić information content (AvgIpc) is 3.07. The number of ether oxygens (including phenoxy) is 1. The number of carbonyl (C=O) groups is 1. The largest absolute Gasteiger partial charge is 0.433 e. The lowest BCUT2D eigenvalue weighted by Crippen LogP contribution is -2.41. The number of pyridine rings is 1. The number of aryl methyl sites for hydroxylation is 2. The fraction of sp³-hybridized carbons (Fsp3) is 0.391. The van der Waals surface area contributed by atoms with Crippen LogP contribution < -0.4 is 0 Å². The van der Waals surface area contributed by atoms with Crippen LogP contribution in [0.25, 0.3) is 10.9 Å². The lowest BCUT2D eigenvalue weighted by molar-refractivity contribution is -0.141. The first-order chi connectivity index (χ1) is 15.1. The van der Waals surface area contributed by atoms with Gasteiger partial charge in [-0.2, -0.15) is 13.2 Å². The van der Waals surface area contributed by atoms with Crippen molar-refractivity contribution in [3.63, 3.8) is 0 Å². The van der Waals surface area contributed by atoms with Crippen molar-refractivity contribution in [2.75, 3.05) is 26.3 Å². The third kappa shape index (κ3) is 4.09. The molecule has 1 aliphatic heterocycles. The molecule has 1 aromatic carbocycles. The van der Waals surface area contributed by atoms with Crippen molar-refractivity contribution in [1.29, 1.82) is 0 Å². The van der Waals surface area contributed by atoms with Gasteiger partial charge in [-0.3, -0.25) is 4.79 Å². The minimum atomic E-state index is -4.52. The molecule has 1 fully saturated rings. The highest BCUT2D eigenvalue weighted by Crippen LogP contribution is 2.33. The summed E-state index contributed by atoms with van der Waals surface area (Å²) in [6.45, 7) is 5.51. The monoisotopic (exact) mass is 465 g/mol. The number of hydrogen-bond acceptors (Lipinski definition) is 3. The molecule has 1 aliphatic rings. The summed E-state index contributed by atoms with van der Waals surface area (Å²) in [6.07, 6.45) is -4.14. The molecule has 5 nitrogen and oxygen atoms in total. The van der Waals surface area contributed by atoms with Crippen LogP contribution in [0.3, 0.4) is 0 Å². The summed E-state index contributed by atoms with van der Waals surface area (Å²) in [5, 5.41) is 1.17. The predicted molar refractivity (Wildman–Crippen MR) is 116 cm³/mol. The highest BCUT2D eigenvalue weighted by molar-refractivity contribution is 6.31. The summed E-state index contributed by atoms with van der Waals surface area (Å²) in [6, 6.07) is 6.33. The Kier molecular flexibility index (Phi) is 5.94. The molecule has 0 radical (unpaired) electrons. The molecule has 0 atom stereocenters. The highest BCUT2D eigenvalue weighted by Gasteiger charge is 2.33. The number of carbonyl (C=O) groups excluding carboxylic acids is 1. The molecule has 1 saturated heterocycles. The van der Waals surface area contributed by atoms with E-state index in [2.05, 4.69) is 4.98 Å².